The summed E-state index contributed by atoms with van der Waals surface area (Å²) in [4.78, 5) is 2.58. The van der Waals surface area contributed by atoms with Crippen LogP contribution in [0.15, 0.2) is 18.2 Å². The fourth-order valence-corrected chi connectivity index (χ4v) is 3.82. The number of rotatable bonds is 4. The molecule has 122 valence electrons. The Morgan fingerprint density at radius 3 is 2.55 bits per heavy atom. The summed E-state index contributed by atoms with van der Waals surface area (Å²) in [5, 5.41) is 3.48. The molecular formula is C18H26F2N2. The molecule has 2 heterocycles. The van der Waals surface area contributed by atoms with Crippen LogP contribution in [0.4, 0.5) is 8.78 Å². The molecule has 0 amide bonds. The molecule has 0 saturated carbocycles. The predicted molar refractivity (Wildman–Crippen MR) is 84.8 cm³/mol. The van der Waals surface area contributed by atoms with Gasteiger partial charge in [-0.2, -0.15) is 0 Å². The third kappa shape index (κ3) is 4.26. The molecule has 0 aliphatic carbocycles. The molecule has 2 nitrogen and oxygen atoms in total. The summed E-state index contributed by atoms with van der Waals surface area (Å²) in [7, 11) is 0. The number of nitrogens with one attached hydrogen (secondary N) is 1. The lowest BCUT2D eigenvalue weighted by molar-refractivity contribution is 0.150. The Morgan fingerprint density at radius 1 is 1.05 bits per heavy atom. The minimum atomic E-state index is -0.750. The lowest BCUT2D eigenvalue weighted by atomic mass is 9.89. The number of nitrogens with zero attached hydrogens (tertiary/aromatic N) is 1. The highest BCUT2D eigenvalue weighted by molar-refractivity contribution is 5.18. The fourth-order valence-electron chi connectivity index (χ4n) is 3.82. The molecule has 2 saturated heterocycles. The van der Waals surface area contributed by atoms with Crippen LogP contribution in [0.1, 0.15) is 31.2 Å². The van der Waals surface area contributed by atoms with E-state index in [0.717, 1.165) is 37.5 Å². The van der Waals surface area contributed by atoms with Gasteiger partial charge in [0.15, 0.2) is 11.6 Å². The third-order valence-electron chi connectivity index (χ3n) is 5.13. The standard InChI is InChI=1S/C18H26F2N2/c19-17-4-3-15(11-18(17)20)10-14-5-8-22(9-6-14)13-16-2-1-7-21-12-16/h3-4,11,14,16,21H,1-2,5-10,12-13H2. The first kappa shape index (κ1) is 15.9. The molecule has 0 bridgehead atoms. The van der Waals surface area contributed by atoms with Gasteiger partial charge < -0.3 is 10.2 Å². The van der Waals surface area contributed by atoms with Gasteiger partial charge in [-0.1, -0.05) is 6.07 Å². The molecule has 1 N–H and O–H groups in total. The zero-order valence-corrected chi connectivity index (χ0v) is 13.2. The lowest BCUT2D eigenvalue weighted by Crippen LogP contribution is -2.42. The Balaban J connectivity index is 1.44. The van der Waals surface area contributed by atoms with E-state index >= 15 is 0 Å². The maximum Gasteiger partial charge on any atom is 0.159 e. The maximum absolute atomic E-state index is 13.3. The molecule has 1 atom stereocenters. The van der Waals surface area contributed by atoms with E-state index in [0.29, 0.717) is 5.92 Å². The van der Waals surface area contributed by atoms with Crippen molar-refractivity contribution in [3.63, 3.8) is 0 Å². The quantitative estimate of drug-likeness (QED) is 0.919. The van der Waals surface area contributed by atoms with E-state index in [1.165, 1.54) is 50.9 Å². The van der Waals surface area contributed by atoms with Crippen LogP contribution in [0.25, 0.3) is 0 Å². The molecule has 1 aromatic rings. The molecule has 1 unspecified atom stereocenters. The molecule has 0 spiro atoms. The monoisotopic (exact) mass is 308 g/mol. The van der Waals surface area contributed by atoms with Gasteiger partial charge in [0.05, 0.1) is 0 Å². The van der Waals surface area contributed by atoms with Crippen molar-refractivity contribution < 1.29 is 8.78 Å². The van der Waals surface area contributed by atoms with E-state index in [4.69, 9.17) is 0 Å². The van der Waals surface area contributed by atoms with E-state index in [2.05, 4.69) is 10.2 Å². The summed E-state index contributed by atoms with van der Waals surface area (Å²) < 4.78 is 26.2. The molecule has 3 rings (SSSR count). The first-order chi connectivity index (χ1) is 10.7. The molecule has 2 aliphatic heterocycles. The largest absolute Gasteiger partial charge is 0.316 e. The van der Waals surface area contributed by atoms with E-state index in [1.807, 2.05) is 0 Å². The summed E-state index contributed by atoms with van der Waals surface area (Å²) in [5.74, 6) is -0.0681. The van der Waals surface area contributed by atoms with Crippen molar-refractivity contribution in [2.45, 2.75) is 32.1 Å². The van der Waals surface area contributed by atoms with Crippen LogP contribution in [0, 0.1) is 23.5 Å². The second-order valence-corrected chi connectivity index (χ2v) is 6.91. The molecule has 2 aliphatic rings. The van der Waals surface area contributed by atoms with Gasteiger partial charge in [-0.05, 0) is 87.8 Å². The fraction of sp³-hybridized carbons (Fsp3) is 0.667. The predicted octanol–water partition coefficient (Wildman–Crippen LogP) is 3.22. The van der Waals surface area contributed by atoms with Crippen molar-refractivity contribution >= 4 is 0 Å². The SMILES string of the molecule is Fc1ccc(CC2CCN(CC3CCCNC3)CC2)cc1F. The zero-order chi connectivity index (χ0) is 15.4. The van der Waals surface area contributed by atoms with E-state index in [1.54, 1.807) is 6.07 Å². The summed E-state index contributed by atoms with van der Waals surface area (Å²) in [6.45, 7) is 5.84. The van der Waals surface area contributed by atoms with Crippen LogP contribution in [0.2, 0.25) is 0 Å². The first-order valence-electron chi connectivity index (χ1n) is 8.57. The smallest absolute Gasteiger partial charge is 0.159 e. The van der Waals surface area contributed by atoms with Gasteiger partial charge in [0.25, 0.3) is 0 Å². The molecule has 0 aromatic heterocycles. The Kier molecular flexibility index (Phi) is 5.42. The highest BCUT2D eigenvalue weighted by Gasteiger charge is 2.23. The Bertz CT molecular complexity index is 478. The van der Waals surface area contributed by atoms with Gasteiger partial charge in [0.2, 0.25) is 0 Å². The highest BCUT2D eigenvalue weighted by atomic mass is 19.2. The van der Waals surface area contributed by atoms with Crippen molar-refractivity contribution in [3.8, 4) is 0 Å². The molecule has 1 aromatic carbocycles. The molecule has 4 heteroatoms. The summed E-state index contributed by atoms with van der Waals surface area (Å²) >= 11 is 0. The third-order valence-corrected chi connectivity index (χ3v) is 5.13. The number of halogens is 2. The van der Waals surface area contributed by atoms with E-state index in [-0.39, 0.29) is 0 Å². The second-order valence-electron chi connectivity index (χ2n) is 6.91. The summed E-state index contributed by atoms with van der Waals surface area (Å²) in [6, 6.07) is 4.32. The van der Waals surface area contributed by atoms with Crippen molar-refractivity contribution in [1.29, 1.82) is 0 Å². The Hall–Kier alpha value is -1.00. The van der Waals surface area contributed by atoms with E-state index < -0.39 is 11.6 Å². The average molecular weight is 308 g/mol. The van der Waals surface area contributed by atoms with Gasteiger partial charge >= 0.3 is 0 Å². The van der Waals surface area contributed by atoms with Crippen molar-refractivity contribution in [2.75, 3.05) is 32.7 Å². The van der Waals surface area contributed by atoms with Crippen LogP contribution in [0.3, 0.4) is 0 Å². The number of likely N-dealkylation sites (tertiary alicyclic amines) is 1. The number of piperidine rings is 2. The summed E-state index contributed by atoms with van der Waals surface area (Å²) in [5.41, 5.74) is 0.925. The lowest BCUT2D eigenvalue weighted by Gasteiger charge is -2.35. The topological polar surface area (TPSA) is 15.3 Å². The number of hydrogen-bond acceptors (Lipinski definition) is 2. The molecule has 0 radical (unpaired) electrons. The first-order valence-corrected chi connectivity index (χ1v) is 8.57. The molecule has 22 heavy (non-hydrogen) atoms. The van der Waals surface area contributed by atoms with Gasteiger partial charge in [0, 0.05) is 6.54 Å². The Labute approximate surface area is 131 Å². The number of benzene rings is 1. The van der Waals surface area contributed by atoms with Crippen LogP contribution >= 0.6 is 0 Å². The Morgan fingerprint density at radius 2 is 1.86 bits per heavy atom. The minimum Gasteiger partial charge on any atom is -0.316 e. The van der Waals surface area contributed by atoms with Crippen molar-refractivity contribution in [1.82, 2.24) is 10.2 Å². The van der Waals surface area contributed by atoms with E-state index in [9.17, 15) is 8.78 Å². The second kappa shape index (κ2) is 7.51. The van der Waals surface area contributed by atoms with Gasteiger partial charge in [-0.15, -0.1) is 0 Å². The molecule has 2 fully saturated rings. The van der Waals surface area contributed by atoms with Crippen LogP contribution in [0.5, 0.6) is 0 Å². The summed E-state index contributed by atoms with van der Waals surface area (Å²) in [6.07, 6.45) is 5.85. The van der Waals surface area contributed by atoms with Crippen molar-refractivity contribution in [3.05, 3.63) is 35.4 Å². The van der Waals surface area contributed by atoms with Crippen LogP contribution < -0.4 is 5.32 Å². The van der Waals surface area contributed by atoms with Gasteiger partial charge in [0.1, 0.15) is 0 Å². The maximum atomic E-state index is 13.3. The van der Waals surface area contributed by atoms with Crippen LogP contribution in [-0.4, -0.2) is 37.6 Å². The zero-order valence-electron chi connectivity index (χ0n) is 13.2. The number of hydrogen-bond donors (Lipinski definition) is 1. The normalized spacial score (nSPS) is 24.5. The average Bonchev–Trinajstić information content (AvgIpc) is 2.54. The van der Waals surface area contributed by atoms with Gasteiger partial charge in [-0.3, -0.25) is 0 Å². The minimum absolute atomic E-state index is 0.602. The van der Waals surface area contributed by atoms with Gasteiger partial charge in [-0.25, -0.2) is 8.78 Å². The highest BCUT2D eigenvalue weighted by Crippen LogP contribution is 2.24. The molecular weight excluding hydrogens is 282 g/mol. The van der Waals surface area contributed by atoms with Crippen LogP contribution in [-0.2, 0) is 6.42 Å². The van der Waals surface area contributed by atoms with Crippen molar-refractivity contribution in [2.24, 2.45) is 11.8 Å².